The monoisotopic (exact) mass is 233 g/mol. The molecule has 0 radical (unpaired) electrons. The fourth-order valence-corrected chi connectivity index (χ4v) is 2.64. The second kappa shape index (κ2) is 4.88. The van der Waals surface area contributed by atoms with E-state index in [1.165, 1.54) is 0 Å². The zero-order valence-corrected chi connectivity index (χ0v) is 9.98. The van der Waals surface area contributed by atoms with E-state index in [1.807, 2.05) is 0 Å². The first-order valence-electron chi connectivity index (χ1n) is 6.18. The molecule has 17 heavy (non-hydrogen) atoms. The van der Waals surface area contributed by atoms with E-state index in [-0.39, 0.29) is 16.9 Å². The third-order valence-electron chi connectivity index (χ3n) is 3.84. The SMILES string of the molecule is NCC1(C(=O)Cc2ccc(O)cc2)CCCC1. The first kappa shape index (κ1) is 12.1. The van der Waals surface area contributed by atoms with Gasteiger partial charge >= 0.3 is 0 Å². The summed E-state index contributed by atoms with van der Waals surface area (Å²) in [5.74, 6) is 0.485. The first-order chi connectivity index (χ1) is 8.16. The minimum atomic E-state index is -0.280. The van der Waals surface area contributed by atoms with Crippen molar-refractivity contribution in [1.29, 1.82) is 0 Å². The molecule has 1 aromatic rings. The van der Waals surface area contributed by atoms with Crippen LogP contribution < -0.4 is 5.73 Å². The highest BCUT2D eigenvalue weighted by atomic mass is 16.3. The Morgan fingerprint density at radius 3 is 2.35 bits per heavy atom. The van der Waals surface area contributed by atoms with Gasteiger partial charge in [0.05, 0.1) is 0 Å². The number of benzene rings is 1. The van der Waals surface area contributed by atoms with Gasteiger partial charge in [0.25, 0.3) is 0 Å². The zero-order chi connectivity index (χ0) is 12.3. The maximum Gasteiger partial charge on any atom is 0.144 e. The Bertz CT molecular complexity index is 391. The molecule has 1 aliphatic rings. The summed E-state index contributed by atoms with van der Waals surface area (Å²) < 4.78 is 0. The molecular formula is C14H19NO2. The normalized spacial score (nSPS) is 18.2. The lowest BCUT2D eigenvalue weighted by Crippen LogP contribution is -2.37. The lowest BCUT2D eigenvalue weighted by molar-refractivity contribution is -0.127. The summed E-state index contributed by atoms with van der Waals surface area (Å²) in [7, 11) is 0. The molecule has 0 saturated heterocycles. The van der Waals surface area contributed by atoms with Gasteiger partial charge in [-0.15, -0.1) is 0 Å². The Hall–Kier alpha value is -1.35. The Balaban J connectivity index is 2.08. The first-order valence-corrected chi connectivity index (χ1v) is 6.18. The molecule has 3 nitrogen and oxygen atoms in total. The van der Waals surface area contributed by atoms with E-state index in [1.54, 1.807) is 24.3 Å². The maximum atomic E-state index is 12.3. The smallest absolute Gasteiger partial charge is 0.144 e. The third kappa shape index (κ3) is 2.50. The molecule has 0 atom stereocenters. The highest BCUT2D eigenvalue weighted by Gasteiger charge is 2.38. The van der Waals surface area contributed by atoms with Gasteiger partial charge in [-0.2, -0.15) is 0 Å². The Labute approximate surface area is 102 Å². The zero-order valence-electron chi connectivity index (χ0n) is 9.98. The van der Waals surface area contributed by atoms with Gasteiger partial charge < -0.3 is 10.8 Å². The van der Waals surface area contributed by atoms with Gasteiger partial charge in [0.2, 0.25) is 0 Å². The van der Waals surface area contributed by atoms with E-state index in [0.717, 1.165) is 31.2 Å². The van der Waals surface area contributed by atoms with Gasteiger partial charge in [-0.3, -0.25) is 4.79 Å². The summed E-state index contributed by atoms with van der Waals surface area (Å²) in [5, 5.41) is 9.19. The molecule has 3 N–H and O–H groups in total. The van der Waals surface area contributed by atoms with Crippen LogP contribution in [0.2, 0.25) is 0 Å². The van der Waals surface area contributed by atoms with Crippen LogP contribution in [0, 0.1) is 5.41 Å². The number of aromatic hydroxyl groups is 1. The minimum Gasteiger partial charge on any atom is -0.508 e. The van der Waals surface area contributed by atoms with Crippen LogP contribution in [-0.2, 0) is 11.2 Å². The molecule has 0 aromatic heterocycles. The van der Waals surface area contributed by atoms with Crippen molar-refractivity contribution in [1.82, 2.24) is 0 Å². The van der Waals surface area contributed by atoms with Gasteiger partial charge in [0.1, 0.15) is 11.5 Å². The van der Waals surface area contributed by atoms with Crippen LogP contribution in [0.1, 0.15) is 31.2 Å². The third-order valence-corrected chi connectivity index (χ3v) is 3.84. The van der Waals surface area contributed by atoms with Crippen molar-refractivity contribution in [3.63, 3.8) is 0 Å². The molecule has 1 aliphatic carbocycles. The van der Waals surface area contributed by atoms with Crippen LogP contribution in [0.4, 0.5) is 0 Å². The van der Waals surface area contributed by atoms with Crippen LogP contribution >= 0.6 is 0 Å². The number of hydrogen-bond acceptors (Lipinski definition) is 3. The molecule has 92 valence electrons. The number of rotatable bonds is 4. The topological polar surface area (TPSA) is 63.3 Å². The molecule has 0 aliphatic heterocycles. The van der Waals surface area contributed by atoms with Gasteiger partial charge in [0.15, 0.2) is 0 Å². The molecule has 3 heteroatoms. The summed E-state index contributed by atoms with van der Waals surface area (Å²) in [6.07, 6.45) is 4.51. The standard InChI is InChI=1S/C14H19NO2/c15-10-14(7-1-2-8-14)13(17)9-11-3-5-12(16)6-4-11/h3-6,16H,1-2,7-10,15H2. The molecule has 0 bridgehead atoms. The molecule has 1 saturated carbocycles. The van der Waals surface area contributed by atoms with E-state index in [9.17, 15) is 9.90 Å². The van der Waals surface area contributed by atoms with Crippen LogP contribution in [0.3, 0.4) is 0 Å². The second-order valence-electron chi connectivity index (χ2n) is 4.96. The quantitative estimate of drug-likeness (QED) is 0.836. The van der Waals surface area contributed by atoms with Gasteiger partial charge in [-0.1, -0.05) is 25.0 Å². The number of ketones is 1. The van der Waals surface area contributed by atoms with Gasteiger partial charge in [-0.25, -0.2) is 0 Å². The number of hydrogen-bond donors (Lipinski definition) is 2. The largest absolute Gasteiger partial charge is 0.508 e. The van der Waals surface area contributed by atoms with Crippen molar-refractivity contribution in [3.05, 3.63) is 29.8 Å². The lowest BCUT2D eigenvalue weighted by Gasteiger charge is -2.25. The molecule has 0 amide bonds. The molecule has 1 fully saturated rings. The highest BCUT2D eigenvalue weighted by molar-refractivity contribution is 5.87. The number of Topliss-reactive ketones (excluding diaryl/α,β-unsaturated/α-hetero) is 1. The van der Waals surface area contributed by atoms with Gasteiger partial charge in [0, 0.05) is 18.4 Å². The summed E-state index contributed by atoms with van der Waals surface area (Å²) >= 11 is 0. The van der Waals surface area contributed by atoms with Gasteiger partial charge in [-0.05, 0) is 30.5 Å². The molecular weight excluding hydrogens is 214 g/mol. The van der Waals surface area contributed by atoms with E-state index in [2.05, 4.69) is 0 Å². The average molecular weight is 233 g/mol. The summed E-state index contributed by atoms with van der Waals surface area (Å²) in [6, 6.07) is 6.83. The number of phenols is 1. The van der Waals surface area contributed by atoms with Crippen molar-refractivity contribution in [2.45, 2.75) is 32.1 Å². The Morgan fingerprint density at radius 1 is 1.24 bits per heavy atom. The van der Waals surface area contributed by atoms with E-state index >= 15 is 0 Å². The molecule has 2 rings (SSSR count). The van der Waals surface area contributed by atoms with Crippen LogP contribution in [0.15, 0.2) is 24.3 Å². The number of carbonyl (C=O) groups excluding carboxylic acids is 1. The lowest BCUT2D eigenvalue weighted by atomic mass is 9.79. The van der Waals surface area contributed by atoms with Crippen molar-refractivity contribution in [2.75, 3.05) is 6.54 Å². The van der Waals surface area contributed by atoms with E-state index in [0.29, 0.717) is 13.0 Å². The summed E-state index contributed by atoms with van der Waals surface area (Å²) in [4.78, 5) is 12.3. The molecule has 1 aromatic carbocycles. The minimum absolute atomic E-state index is 0.232. The van der Waals surface area contributed by atoms with E-state index < -0.39 is 0 Å². The van der Waals surface area contributed by atoms with Crippen molar-refractivity contribution >= 4 is 5.78 Å². The molecule has 0 unspecified atom stereocenters. The summed E-state index contributed by atoms with van der Waals surface area (Å²) in [6.45, 7) is 0.462. The van der Waals surface area contributed by atoms with Crippen LogP contribution in [0.25, 0.3) is 0 Å². The molecule has 0 heterocycles. The maximum absolute atomic E-state index is 12.3. The van der Waals surface area contributed by atoms with Crippen LogP contribution in [0.5, 0.6) is 5.75 Å². The molecule has 0 spiro atoms. The number of carbonyl (C=O) groups is 1. The number of nitrogens with two attached hydrogens (primary N) is 1. The highest BCUT2D eigenvalue weighted by Crippen LogP contribution is 2.38. The predicted molar refractivity (Wildman–Crippen MR) is 66.8 cm³/mol. The van der Waals surface area contributed by atoms with Crippen molar-refractivity contribution in [3.8, 4) is 5.75 Å². The van der Waals surface area contributed by atoms with Crippen molar-refractivity contribution in [2.24, 2.45) is 11.1 Å². The fraction of sp³-hybridized carbons (Fsp3) is 0.500. The van der Waals surface area contributed by atoms with E-state index in [4.69, 9.17) is 5.73 Å². The number of phenolic OH excluding ortho intramolecular Hbond substituents is 1. The van der Waals surface area contributed by atoms with Crippen molar-refractivity contribution < 1.29 is 9.90 Å². The fourth-order valence-electron chi connectivity index (χ4n) is 2.64. The predicted octanol–water partition coefficient (Wildman–Crippen LogP) is 2.02. The van der Waals surface area contributed by atoms with Crippen LogP contribution in [-0.4, -0.2) is 17.4 Å². The Kier molecular flexibility index (Phi) is 3.48. The second-order valence-corrected chi connectivity index (χ2v) is 4.96. The summed E-state index contributed by atoms with van der Waals surface area (Å²) in [5.41, 5.74) is 6.46. The Morgan fingerprint density at radius 2 is 1.82 bits per heavy atom. The average Bonchev–Trinajstić information content (AvgIpc) is 2.82.